The van der Waals surface area contributed by atoms with Gasteiger partial charge in [-0.1, -0.05) is 24.3 Å². The van der Waals surface area contributed by atoms with E-state index in [2.05, 4.69) is 11.1 Å². The third-order valence-corrected chi connectivity index (χ3v) is 3.77. The fourth-order valence-corrected chi connectivity index (χ4v) is 2.73. The van der Waals surface area contributed by atoms with E-state index in [1.165, 1.54) is 7.11 Å². The predicted molar refractivity (Wildman–Crippen MR) is 86.1 cm³/mol. The van der Waals surface area contributed by atoms with Crippen LogP contribution < -0.4 is 0 Å². The number of rotatable bonds is 4. The van der Waals surface area contributed by atoms with Crippen LogP contribution in [0.2, 0.25) is 0 Å². The number of carbonyl (C=O) groups excluding carboxylic acids is 1. The third-order valence-electron chi connectivity index (χ3n) is 3.77. The number of hydrogen-bond donors (Lipinski definition) is 0. The molecule has 0 radical (unpaired) electrons. The average Bonchev–Trinajstić information content (AvgIpc) is 2.93. The van der Waals surface area contributed by atoms with E-state index in [1.807, 2.05) is 47.0 Å². The van der Waals surface area contributed by atoms with Crippen molar-refractivity contribution in [1.82, 2.24) is 9.55 Å². The second-order valence-corrected chi connectivity index (χ2v) is 5.06. The number of ether oxygens (including phenoxy) is 1. The van der Waals surface area contributed by atoms with Crippen molar-refractivity contribution in [3.05, 3.63) is 59.9 Å². The van der Waals surface area contributed by atoms with Crippen molar-refractivity contribution in [2.75, 3.05) is 7.11 Å². The highest BCUT2D eigenvalue weighted by Gasteiger charge is 2.19. The first kappa shape index (κ1) is 14.8. The molecular formula is C18H15N3O2. The van der Waals surface area contributed by atoms with Gasteiger partial charge in [-0.05, 0) is 30.2 Å². The van der Waals surface area contributed by atoms with E-state index in [0.717, 1.165) is 16.5 Å². The molecule has 2 aromatic heterocycles. The lowest BCUT2D eigenvalue weighted by Gasteiger charge is -2.05. The number of carbonyl (C=O) groups is 1. The molecule has 3 rings (SSSR count). The quantitative estimate of drug-likeness (QED) is 0.695. The SMILES string of the molecule is COC(=O)CCc1c(C#N)n(-c2ccccn2)c2ccccc12. The summed E-state index contributed by atoms with van der Waals surface area (Å²) in [6, 6.07) is 15.6. The van der Waals surface area contributed by atoms with Crippen LogP contribution in [0.3, 0.4) is 0 Å². The number of methoxy groups -OCH3 is 1. The molecule has 0 bridgehead atoms. The maximum Gasteiger partial charge on any atom is 0.305 e. The number of para-hydroxylation sites is 1. The van der Waals surface area contributed by atoms with Crippen LogP contribution in [-0.2, 0) is 16.0 Å². The van der Waals surface area contributed by atoms with E-state index in [1.54, 1.807) is 6.20 Å². The van der Waals surface area contributed by atoms with Crippen molar-refractivity contribution in [2.24, 2.45) is 0 Å². The van der Waals surface area contributed by atoms with Gasteiger partial charge < -0.3 is 4.74 Å². The zero-order valence-electron chi connectivity index (χ0n) is 12.7. The van der Waals surface area contributed by atoms with Crippen LogP contribution in [0.5, 0.6) is 0 Å². The molecular weight excluding hydrogens is 290 g/mol. The van der Waals surface area contributed by atoms with Crippen molar-refractivity contribution in [3.63, 3.8) is 0 Å². The highest BCUT2D eigenvalue weighted by atomic mass is 16.5. The minimum atomic E-state index is -0.288. The summed E-state index contributed by atoms with van der Waals surface area (Å²) in [5.41, 5.74) is 2.26. The zero-order valence-corrected chi connectivity index (χ0v) is 12.7. The number of esters is 1. The van der Waals surface area contributed by atoms with Crippen LogP contribution in [0, 0.1) is 11.3 Å². The molecule has 114 valence electrons. The average molecular weight is 305 g/mol. The van der Waals surface area contributed by atoms with E-state index >= 15 is 0 Å². The van der Waals surface area contributed by atoms with Crippen LogP contribution in [0.1, 0.15) is 17.7 Å². The Balaban J connectivity index is 2.21. The van der Waals surface area contributed by atoms with Gasteiger partial charge in [0.15, 0.2) is 0 Å². The highest BCUT2D eigenvalue weighted by molar-refractivity contribution is 5.88. The van der Waals surface area contributed by atoms with E-state index in [-0.39, 0.29) is 12.4 Å². The Morgan fingerprint density at radius 1 is 1.26 bits per heavy atom. The molecule has 23 heavy (non-hydrogen) atoms. The molecule has 0 aliphatic heterocycles. The van der Waals surface area contributed by atoms with Crippen molar-refractivity contribution in [2.45, 2.75) is 12.8 Å². The largest absolute Gasteiger partial charge is 0.469 e. The van der Waals surface area contributed by atoms with E-state index < -0.39 is 0 Å². The van der Waals surface area contributed by atoms with Crippen molar-refractivity contribution < 1.29 is 9.53 Å². The zero-order chi connectivity index (χ0) is 16.2. The van der Waals surface area contributed by atoms with Crippen LogP contribution in [-0.4, -0.2) is 22.6 Å². The van der Waals surface area contributed by atoms with Gasteiger partial charge in [0.05, 0.1) is 12.6 Å². The van der Waals surface area contributed by atoms with Gasteiger partial charge in [-0.2, -0.15) is 5.26 Å². The van der Waals surface area contributed by atoms with E-state index in [9.17, 15) is 10.1 Å². The second kappa shape index (κ2) is 6.32. The van der Waals surface area contributed by atoms with Crippen molar-refractivity contribution >= 4 is 16.9 Å². The first-order chi connectivity index (χ1) is 11.3. The number of nitriles is 1. The van der Waals surface area contributed by atoms with Gasteiger partial charge in [0.25, 0.3) is 0 Å². The van der Waals surface area contributed by atoms with Crippen LogP contribution in [0.4, 0.5) is 0 Å². The predicted octanol–water partition coefficient (Wildman–Crippen LogP) is 3.00. The summed E-state index contributed by atoms with van der Waals surface area (Å²) in [5, 5.41) is 10.6. The lowest BCUT2D eigenvalue weighted by atomic mass is 10.1. The molecule has 0 spiro atoms. The number of hydrogen-bond acceptors (Lipinski definition) is 4. The topological polar surface area (TPSA) is 67.9 Å². The molecule has 0 aliphatic carbocycles. The minimum Gasteiger partial charge on any atom is -0.469 e. The first-order valence-electron chi connectivity index (χ1n) is 7.27. The van der Waals surface area contributed by atoms with Gasteiger partial charge in [-0.25, -0.2) is 4.98 Å². The molecule has 5 heteroatoms. The van der Waals surface area contributed by atoms with Crippen molar-refractivity contribution in [3.8, 4) is 11.9 Å². The Bertz CT molecular complexity index is 892. The van der Waals surface area contributed by atoms with Gasteiger partial charge >= 0.3 is 5.97 Å². The van der Waals surface area contributed by atoms with Gasteiger partial charge in [-0.3, -0.25) is 9.36 Å². The van der Waals surface area contributed by atoms with Crippen LogP contribution in [0.15, 0.2) is 48.7 Å². The number of fused-ring (bicyclic) bond motifs is 1. The highest BCUT2D eigenvalue weighted by Crippen LogP contribution is 2.29. The minimum absolute atomic E-state index is 0.238. The standard InChI is InChI=1S/C18H15N3O2/c1-23-18(22)10-9-14-13-6-2-3-7-15(13)21(16(14)12-19)17-8-4-5-11-20-17/h2-8,11H,9-10H2,1H3. The van der Waals surface area contributed by atoms with Gasteiger partial charge in [0, 0.05) is 18.0 Å². The Labute approximate surface area is 133 Å². The first-order valence-corrected chi connectivity index (χ1v) is 7.27. The lowest BCUT2D eigenvalue weighted by molar-refractivity contribution is -0.140. The molecule has 0 amide bonds. The number of aromatic nitrogens is 2. The summed E-state index contributed by atoms with van der Waals surface area (Å²) in [4.78, 5) is 15.8. The summed E-state index contributed by atoms with van der Waals surface area (Å²) < 4.78 is 6.54. The summed E-state index contributed by atoms with van der Waals surface area (Å²) in [6.45, 7) is 0. The molecule has 0 atom stereocenters. The van der Waals surface area contributed by atoms with Crippen molar-refractivity contribution in [1.29, 1.82) is 5.26 Å². The molecule has 0 fully saturated rings. The Hall–Kier alpha value is -3.13. The van der Waals surface area contributed by atoms with Crippen LogP contribution >= 0.6 is 0 Å². The summed E-state index contributed by atoms with van der Waals surface area (Å²) in [5.74, 6) is 0.396. The maximum atomic E-state index is 11.5. The van der Waals surface area contributed by atoms with Gasteiger partial charge in [0.1, 0.15) is 17.6 Å². The smallest absolute Gasteiger partial charge is 0.305 e. The molecule has 3 aromatic rings. The summed E-state index contributed by atoms with van der Waals surface area (Å²) in [7, 11) is 1.37. The number of nitrogens with zero attached hydrogens (tertiary/aromatic N) is 3. The normalized spacial score (nSPS) is 10.4. The second-order valence-electron chi connectivity index (χ2n) is 5.06. The molecule has 1 aromatic carbocycles. The number of aryl methyl sites for hydroxylation is 1. The van der Waals surface area contributed by atoms with Gasteiger partial charge in [0.2, 0.25) is 0 Å². The Morgan fingerprint density at radius 2 is 2.04 bits per heavy atom. The third kappa shape index (κ3) is 2.67. The van der Waals surface area contributed by atoms with Gasteiger partial charge in [-0.15, -0.1) is 0 Å². The van der Waals surface area contributed by atoms with E-state index in [4.69, 9.17) is 4.74 Å². The Morgan fingerprint density at radius 3 is 2.74 bits per heavy atom. The lowest BCUT2D eigenvalue weighted by Crippen LogP contribution is -2.04. The molecule has 2 heterocycles. The Kier molecular flexibility index (Phi) is 4.07. The summed E-state index contributed by atoms with van der Waals surface area (Å²) >= 11 is 0. The number of benzene rings is 1. The molecule has 0 N–H and O–H groups in total. The molecule has 0 unspecified atom stereocenters. The molecule has 5 nitrogen and oxygen atoms in total. The maximum absolute atomic E-state index is 11.5. The summed E-state index contributed by atoms with van der Waals surface area (Å²) in [6.07, 6.45) is 2.39. The fourth-order valence-electron chi connectivity index (χ4n) is 2.73. The monoisotopic (exact) mass is 305 g/mol. The fraction of sp³-hybridized carbons (Fsp3) is 0.167. The molecule has 0 aliphatic rings. The molecule has 0 saturated heterocycles. The molecule has 0 saturated carbocycles. The van der Waals surface area contributed by atoms with E-state index in [0.29, 0.717) is 17.9 Å². The van der Waals surface area contributed by atoms with Crippen LogP contribution in [0.25, 0.3) is 16.7 Å². The number of pyridine rings is 1.